The molecule has 2 heterocycles. The molecule has 22 heavy (non-hydrogen) atoms. The molecule has 0 aromatic heterocycles. The van der Waals surface area contributed by atoms with Gasteiger partial charge in [-0.3, -0.25) is 9.59 Å². The number of hydrogen-bond acceptors (Lipinski definition) is 6. The summed E-state index contributed by atoms with van der Waals surface area (Å²) in [7, 11) is 0. The Morgan fingerprint density at radius 2 is 2.27 bits per heavy atom. The molecule has 2 unspecified atom stereocenters. The van der Waals surface area contributed by atoms with Gasteiger partial charge in [-0.05, 0) is 25.3 Å². The Kier molecular flexibility index (Phi) is 5.48. The number of ether oxygens (including phenoxy) is 2. The minimum atomic E-state index is -0.576. The number of esters is 1. The Bertz CT molecular complexity index is 538. The first-order valence-electron chi connectivity index (χ1n) is 6.99. The summed E-state index contributed by atoms with van der Waals surface area (Å²) in [5.41, 5.74) is 5.81. The van der Waals surface area contributed by atoms with Crippen LogP contribution < -0.4 is 5.73 Å². The minimum Gasteiger partial charge on any atom is -0.460 e. The minimum absolute atomic E-state index is 0.127. The molecule has 2 aliphatic rings. The predicted octanol–water partition coefficient (Wildman–Crippen LogP) is 0.378. The van der Waals surface area contributed by atoms with Crippen molar-refractivity contribution in [3.05, 3.63) is 36.2 Å². The highest BCUT2D eigenvalue weighted by atomic mass is 16.6. The van der Waals surface area contributed by atoms with Crippen molar-refractivity contribution < 1.29 is 23.9 Å². The van der Waals surface area contributed by atoms with Crippen LogP contribution in [0.15, 0.2) is 36.2 Å². The number of carbonyl (C=O) groups is 3. The van der Waals surface area contributed by atoms with Crippen LogP contribution in [0.1, 0.15) is 19.3 Å². The van der Waals surface area contributed by atoms with Crippen LogP contribution in [0, 0.1) is 0 Å². The van der Waals surface area contributed by atoms with E-state index in [0.29, 0.717) is 18.3 Å². The van der Waals surface area contributed by atoms with E-state index in [9.17, 15) is 14.4 Å². The summed E-state index contributed by atoms with van der Waals surface area (Å²) in [5, 5.41) is 0. The predicted molar refractivity (Wildman–Crippen MR) is 76.9 cm³/mol. The zero-order valence-corrected chi connectivity index (χ0v) is 12.0. The van der Waals surface area contributed by atoms with Gasteiger partial charge >= 0.3 is 5.97 Å². The topological polar surface area (TPSA) is 98.9 Å². The van der Waals surface area contributed by atoms with Gasteiger partial charge in [-0.1, -0.05) is 6.08 Å². The quantitative estimate of drug-likeness (QED) is 0.433. The van der Waals surface area contributed by atoms with Gasteiger partial charge in [-0.25, -0.2) is 4.79 Å². The summed E-state index contributed by atoms with van der Waals surface area (Å²) in [6.45, 7) is 0.127. The first kappa shape index (κ1) is 16.0. The summed E-state index contributed by atoms with van der Waals surface area (Å²) in [5.74, 6) is -1.02. The third-order valence-corrected chi connectivity index (χ3v) is 3.38. The van der Waals surface area contributed by atoms with Crippen LogP contribution in [0.25, 0.3) is 0 Å². The van der Waals surface area contributed by atoms with Crippen molar-refractivity contribution in [2.45, 2.75) is 31.6 Å². The molecule has 0 radical (unpaired) electrons. The Morgan fingerprint density at radius 1 is 1.45 bits per heavy atom. The molecular formula is C15H18N2O5. The summed E-state index contributed by atoms with van der Waals surface area (Å²) < 4.78 is 10.8. The van der Waals surface area contributed by atoms with Crippen molar-refractivity contribution in [3.63, 3.8) is 0 Å². The van der Waals surface area contributed by atoms with E-state index in [2.05, 4.69) is 0 Å². The first-order valence-corrected chi connectivity index (χ1v) is 6.99. The van der Waals surface area contributed by atoms with Crippen molar-refractivity contribution in [1.29, 1.82) is 0 Å². The number of rotatable bonds is 6. The molecule has 1 fully saturated rings. The monoisotopic (exact) mass is 306 g/mol. The van der Waals surface area contributed by atoms with E-state index in [1.54, 1.807) is 11.1 Å². The number of hydrogen-bond donors (Lipinski definition) is 1. The van der Waals surface area contributed by atoms with Crippen LogP contribution >= 0.6 is 0 Å². The van der Waals surface area contributed by atoms with Gasteiger partial charge < -0.3 is 20.1 Å². The fourth-order valence-electron chi connectivity index (χ4n) is 2.29. The number of allylic oxidation sites excluding steroid dienone is 2. The van der Waals surface area contributed by atoms with Crippen LogP contribution in [-0.4, -0.2) is 42.0 Å². The van der Waals surface area contributed by atoms with E-state index < -0.39 is 11.9 Å². The van der Waals surface area contributed by atoms with Crippen LogP contribution in [0.4, 0.5) is 0 Å². The number of aldehydes is 1. The van der Waals surface area contributed by atoms with Gasteiger partial charge in [0, 0.05) is 24.0 Å². The number of nitrogens with two attached hydrogens (primary N) is 1. The smallest absolute Gasteiger partial charge is 0.330 e. The largest absolute Gasteiger partial charge is 0.460 e. The van der Waals surface area contributed by atoms with Crippen molar-refractivity contribution >= 4 is 18.2 Å². The molecule has 118 valence electrons. The molecule has 1 amide bonds. The maximum Gasteiger partial charge on any atom is 0.330 e. The molecule has 2 rings (SSSR count). The number of nitrogens with zero attached hydrogens (tertiary/aromatic N) is 1. The van der Waals surface area contributed by atoms with E-state index in [1.165, 1.54) is 0 Å². The summed E-state index contributed by atoms with van der Waals surface area (Å²) in [6.07, 6.45) is 9.62. The lowest BCUT2D eigenvalue weighted by atomic mass is 10.1. The molecule has 2 aliphatic heterocycles. The summed E-state index contributed by atoms with van der Waals surface area (Å²) in [4.78, 5) is 34.4. The van der Waals surface area contributed by atoms with Crippen LogP contribution in [0.2, 0.25) is 0 Å². The Balaban J connectivity index is 1.82. The highest BCUT2D eigenvalue weighted by Gasteiger charge is 2.30. The van der Waals surface area contributed by atoms with Crippen LogP contribution in [-0.2, 0) is 23.9 Å². The zero-order valence-electron chi connectivity index (χ0n) is 12.0. The van der Waals surface area contributed by atoms with E-state index in [-0.39, 0.29) is 18.9 Å². The highest BCUT2D eigenvalue weighted by molar-refractivity contribution is 5.92. The van der Waals surface area contributed by atoms with E-state index in [4.69, 9.17) is 15.2 Å². The maximum atomic E-state index is 11.3. The van der Waals surface area contributed by atoms with Gasteiger partial charge in [0.2, 0.25) is 5.91 Å². The Morgan fingerprint density at radius 3 is 3.00 bits per heavy atom. The molecule has 0 saturated carbocycles. The molecule has 2 N–H and O–H groups in total. The summed E-state index contributed by atoms with van der Waals surface area (Å²) >= 11 is 0. The lowest BCUT2D eigenvalue weighted by molar-refractivity contribution is -0.143. The van der Waals surface area contributed by atoms with Crippen molar-refractivity contribution in [1.82, 2.24) is 4.90 Å². The lowest BCUT2D eigenvalue weighted by Crippen LogP contribution is -2.30. The van der Waals surface area contributed by atoms with Gasteiger partial charge in [0.05, 0.1) is 6.10 Å². The fraction of sp³-hybridized carbons (Fsp3) is 0.400. The normalized spacial score (nSPS) is 24.4. The average molecular weight is 306 g/mol. The van der Waals surface area contributed by atoms with Gasteiger partial charge in [0.1, 0.15) is 19.1 Å². The second kappa shape index (κ2) is 7.56. The molecular weight excluding hydrogens is 288 g/mol. The molecule has 7 heteroatoms. The van der Waals surface area contributed by atoms with E-state index in [0.717, 1.165) is 25.0 Å². The number of amides is 1. The molecule has 0 spiro atoms. The van der Waals surface area contributed by atoms with Crippen molar-refractivity contribution in [2.24, 2.45) is 5.73 Å². The Labute approximate surface area is 128 Å². The molecule has 7 nitrogen and oxygen atoms in total. The third kappa shape index (κ3) is 4.29. The van der Waals surface area contributed by atoms with Crippen LogP contribution in [0.5, 0.6) is 0 Å². The molecule has 1 saturated heterocycles. The summed E-state index contributed by atoms with van der Waals surface area (Å²) in [6, 6.07) is 0. The van der Waals surface area contributed by atoms with E-state index in [1.807, 2.05) is 12.3 Å². The third-order valence-electron chi connectivity index (χ3n) is 3.38. The van der Waals surface area contributed by atoms with Crippen LogP contribution in [0.3, 0.4) is 0 Å². The molecule has 0 aromatic carbocycles. The standard InChI is InChI=1S/C15H18N2O5/c16-15(20)11-3-1-7-17(9-11)13-6-5-12(22-13)10-21-14(19)4-2-8-18/h1-2,4,7-9,12-13H,3,5-6,10H2,(H2,16,20)/b4-2+. The molecule has 0 aromatic rings. The second-order valence-corrected chi connectivity index (χ2v) is 4.97. The highest BCUT2D eigenvalue weighted by Crippen LogP contribution is 2.26. The number of carbonyl (C=O) groups excluding carboxylic acids is 3. The first-order chi connectivity index (χ1) is 10.6. The maximum absolute atomic E-state index is 11.3. The lowest BCUT2D eigenvalue weighted by Gasteiger charge is -2.27. The Hall–Kier alpha value is -2.41. The molecule has 2 atom stereocenters. The molecule has 0 aliphatic carbocycles. The molecule has 0 bridgehead atoms. The van der Waals surface area contributed by atoms with Gasteiger partial charge in [0.25, 0.3) is 0 Å². The van der Waals surface area contributed by atoms with Gasteiger partial charge in [0.15, 0.2) is 0 Å². The van der Waals surface area contributed by atoms with Gasteiger partial charge in [-0.15, -0.1) is 0 Å². The van der Waals surface area contributed by atoms with Crippen molar-refractivity contribution in [2.75, 3.05) is 6.61 Å². The zero-order chi connectivity index (χ0) is 15.9. The second-order valence-electron chi connectivity index (χ2n) is 4.97. The fourth-order valence-corrected chi connectivity index (χ4v) is 2.29. The van der Waals surface area contributed by atoms with E-state index >= 15 is 0 Å². The van der Waals surface area contributed by atoms with Gasteiger partial charge in [-0.2, -0.15) is 0 Å². The SMILES string of the molecule is NC(=O)C1=CN(C2CCC(COC(=O)/C=C/C=O)O2)C=CC1. The van der Waals surface area contributed by atoms with Crippen molar-refractivity contribution in [3.8, 4) is 0 Å². The average Bonchev–Trinajstić information content (AvgIpc) is 3.00. The number of primary amides is 1.